The molecule has 2 rings (SSSR count). The number of nitrogens with one attached hydrogen (secondary N) is 1. The second-order valence-corrected chi connectivity index (χ2v) is 5.41. The first-order valence-electron chi connectivity index (χ1n) is 5.94. The maximum atomic E-state index is 12.7. The average molecular weight is 239 g/mol. The molecule has 1 heterocycles. The van der Waals surface area contributed by atoms with Gasteiger partial charge < -0.3 is 5.32 Å². The van der Waals surface area contributed by atoms with Gasteiger partial charge in [-0.25, -0.2) is 4.39 Å². The summed E-state index contributed by atoms with van der Waals surface area (Å²) < 4.78 is 12.7. The van der Waals surface area contributed by atoms with E-state index < -0.39 is 0 Å². The Morgan fingerprint density at radius 1 is 1.19 bits per heavy atom. The molecule has 3 heteroatoms. The normalized spacial score (nSPS) is 21.7. The van der Waals surface area contributed by atoms with Gasteiger partial charge in [-0.1, -0.05) is 0 Å². The van der Waals surface area contributed by atoms with Crippen molar-refractivity contribution in [2.24, 2.45) is 5.92 Å². The van der Waals surface area contributed by atoms with Gasteiger partial charge in [-0.3, -0.25) is 0 Å². The van der Waals surface area contributed by atoms with Crippen LogP contribution in [-0.4, -0.2) is 18.8 Å². The summed E-state index contributed by atoms with van der Waals surface area (Å²) in [5.74, 6) is 1.82. The van der Waals surface area contributed by atoms with Crippen LogP contribution in [0, 0.1) is 11.7 Å². The van der Waals surface area contributed by atoms with Gasteiger partial charge >= 0.3 is 0 Å². The maximum Gasteiger partial charge on any atom is 0.123 e. The first-order valence-corrected chi connectivity index (χ1v) is 6.92. The van der Waals surface area contributed by atoms with Gasteiger partial charge in [0.1, 0.15) is 5.82 Å². The van der Waals surface area contributed by atoms with Gasteiger partial charge in [0, 0.05) is 10.6 Å². The van der Waals surface area contributed by atoms with Gasteiger partial charge in [0.25, 0.3) is 0 Å². The van der Waals surface area contributed by atoms with Gasteiger partial charge in [0.15, 0.2) is 0 Å². The van der Waals surface area contributed by atoms with Crippen LogP contribution in [0.25, 0.3) is 0 Å². The Morgan fingerprint density at radius 3 is 2.81 bits per heavy atom. The Bertz CT molecular complexity index is 304. The van der Waals surface area contributed by atoms with Crippen LogP contribution in [0.4, 0.5) is 4.39 Å². The van der Waals surface area contributed by atoms with Crippen molar-refractivity contribution in [2.75, 3.05) is 18.8 Å². The Balaban J connectivity index is 1.79. The fourth-order valence-electron chi connectivity index (χ4n) is 2.00. The molecule has 0 spiro atoms. The Hall–Kier alpha value is -0.540. The molecule has 88 valence electrons. The topological polar surface area (TPSA) is 12.0 Å². The van der Waals surface area contributed by atoms with Crippen molar-refractivity contribution in [1.82, 2.24) is 5.32 Å². The highest BCUT2D eigenvalue weighted by Gasteiger charge is 2.11. The second kappa shape index (κ2) is 6.26. The molecule has 1 saturated heterocycles. The number of halogens is 1. The van der Waals surface area contributed by atoms with Crippen LogP contribution in [-0.2, 0) is 0 Å². The molecule has 0 aliphatic carbocycles. The van der Waals surface area contributed by atoms with Crippen molar-refractivity contribution in [3.63, 3.8) is 0 Å². The smallest absolute Gasteiger partial charge is 0.123 e. The van der Waals surface area contributed by atoms with Gasteiger partial charge in [-0.15, -0.1) is 11.8 Å². The van der Waals surface area contributed by atoms with Gasteiger partial charge in [-0.05, 0) is 62.5 Å². The highest BCUT2D eigenvalue weighted by Crippen LogP contribution is 2.25. The van der Waals surface area contributed by atoms with Crippen molar-refractivity contribution in [2.45, 2.75) is 24.2 Å². The lowest BCUT2D eigenvalue weighted by Gasteiger charge is -2.12. The zero-order valence-electron chi connectivity index (χ0n) is 9.42. The summed E-state index contributed by atoms with van der Waals surface area (Å²) in [6, 6.07) is 6.82. The molecule has 0 bridgehead atoms. The molecular formula is C13H18FNS. The third-order valence-corrected chi connectivity index (χ3v) is 4.24. The molecule has 1 fully saturated rings. The molecule has 1 aromatic carbocycles. The van der Waals surface area contributed by atoms with Gasteiger partial charge in [0.2, 0.25) is 0 Å². The lowest BCUT2D eigenvalue weighted by Crippen LogP contribution is -2.14. The SMILES string of the molecule is Fc1ccc(SCC2CCCNCC2)cc1. The average Bonchev–Trinajstić information content (AvgIpc) is 2.57. The van der Waals surface area contributed by atoms with E-state index in [0.29, 0.717) is 0 Å². The Kier molecular flexibility index (Phi) is 4.67. The summed E-state index contributed by atoms with van der Waals surface area (Å²) in [6.07, 6.45) is 3.88. The minimum absolute atomic E-state index is 0.150. The summed E-state index contributed by atoms with van der Waals surface area (Å²) in [4.78, 5) is 1.18. The summed E-state index contributed by atoms with van der Waals surface area (Å²) in [6.45, 7) is 2.31. The largest absolute Gasteiger partial charge is 0.317 e. The summed E-state index contributed by atoms with van der Waals surface area (Å²) in [5.41, 5.74) is 0. The monoisotopic (exact) mass is 239 g/mol. The van der Waals surface area contributed by atoms with Crippen LogP contribution in [0.15, 0.2) is 29.2 Å². The summed E-state index contributed by atoms with van der Waals surface area (Å²) in [5, 5.41) is 3.42. The van der Waals surface area contributed by atoms with E-state index in [1.165, 1.54) is 36.3 Å². The van der Waals surface area contributed by atoms with Crippen LogP contribution in [0.3, 0.4) is 0 Å². The fraction of sp³-hybridized carbons (Fsp3) is 0.538. The van der Waals surface area contributed by atoms with E-state index in [1.54, 1.807) is 0 Å². The van der Waals surface area contributed by atoms with Crippen molar-refractivity contribution in [3.05, 3.63) is 30.1 Å². The van der Waals surface area contributed by atoms with Gasteiger partial charge in [0.05, 0.1) is 0 Å². The Labute approximate surface area is 101 Å². The lowest BCUT2D eigenvalue weighted by atomic mass is 10.0. The molecule has 0 aromatic heterocycles. The van der Waals surface area contributed by atoms with E-state index >= 15 is 0 Å². The minimum atomic E-state index is -0.150. The summed E-state index contributed by atoms with van der Waals surface area (Å²) >= 11 is 1.85. The molecule has 1 atom stereocenters. The zero-order valence-corrected chi connectivity index (χ0v) is 10.2. The standard InChI is InChI=1S/C13H18FNS/c14-12-3-5-13(6-4-12)16-10-11-2-1-8-15-9-7-11/h3-6,11,15H,1-2,7-10H2. The molecule has 1 aromatic rings. The van der Waals surface area contributed by atoms with Crippen LogP contribution in [0.5, 0.6) is 0 Å². The fourth-order valence-corrected chi connectivity index (χ4v) is 3.09. The predicted molar refractivity (Wildman–Crippen MR) is 67.3 cm³/mol. The molecule has 1 aliphatic rings. The molecule has 0 radical (unpaired) electrons. The molecule has 1 aliphatic heterocycles. The van der Waals surface area contributed by atoms with E-state index in [-0.39, 0.29) is 5.82 Å². The van der Waals surface area contributed by atoms with Gasteiger partial charge in [-0.2, -0.15) is 0 Å². The maximum absolute atomic E-state index is 12.7. The molecule has 0 saturated carbocycles. The van der Waals surface area contributed by atoms with E-state index in [1.807, 2.05) is 23.9 Å². The van der Waals surface area contributed by atoms with E-state index in [2.05, 4.69) is 5.32 Å². The molecular weight excluding hydrogens is 221 g/mol. The second-order valence-electron chi connectivity index (χ2n) is 4.31. The molecule has 16 heavy (non-hydrogen) atoms. The number of rotatable bonds is 3. The Morgan fingerprint density at radius 2 is 2.00 bits per heavy atom. The summed E-state index contributed by atoms with van der Waals surface area (Å²) in [7, 11) is 0. The molecule has 1 nitrogen and oxygen atoms in total. The van der Waals surface area contributed by atoms with Crippen LogP contribution >= 0.6 is 11.8 Å². The van der Waals surface area contributed by atoms with Crippen molar-refractivity contribution >= 4 is 11.8 Å². The highest BCUT2D eigenvalue weighted by molar-refractivity contribution is 7.99. The molecule has 1 unspecified atom stereocenters. The first-order chi connectivity index (χ1) is 7.84. The lowest BCUT2D eigenvalue weighted by molar-refractivity contribution is 0.528. The number of hydrogen-bond donors (Lipinski definition) is 1. The first kappa shape index (κ1) is 11.9. The van der Waals surface area contributed by atoms with E-state index in [0.717, 1.165) is 24.8 Å². The van der Waals surface area contributed by atoms with E-state index in [9.17, 15) is 4.39 Å². The van der Waals surface area contributed by atoms with Crippen LogP contribution in [0.2, 0.25) is 0 Å². The number of benzene rings is 1. The van der Waals surface area contributed by atoms with Crippen LogP contribution in [0.1, 0.15) is 19.3 Å². The zero-order chi connectivity index (χ0) is 11.2. The third kappa shape index (κ3) is 3.80. The predicted octanol–water partition coefficient (Wildman–Crippen LogP) is 3.31. The third-order valence-electron chi connectivity index (χ3n) is 2.99. The number of thioether (sulfide) groups is 1. The van der Waals surface area contributed by atoms with E-state index in [4.69, 9.17) is 0 Å². The molecule has 0 amide bonds. The number of hydrogen-bond acceptors (Lipinski definition) is 2. The minimum Gasteiger partial charge on any atom is -0.317 e. The highest BCUT2D eigenvalue weighted by atomic mass is 32.2. The quantitative estimate of drug-likeness (QED) is 0.812. The van der Waals surface area contributed by atoms with Crippen molar-refractivity contribution in [1.29, 1.82) is 0 Å². The van der Waals surface area contributed by atoms with Crippen molar-refractivity contribution in [3.8, 4) is 0 Å². The van der Waals surface area contributed by atoms with Crippen LogP contribution < -0.4 is 5.32 Å². The molecule has 1 N–H and O–H groups in total. The van der Waals surface area contributed by atoms with Crippen molar-refractivity contribution < 1.29 is 4.39 Å².